The van der Waals surface area contributed by atoms with Crippen LogP contribution < -0.4 is 11.1 Å². The molecule has 5 nitrogen and oxygen atoms in total. The van der Waals surface area contributed by atoms with Gasteiger partial charge in [0.05, 0.1) is 21.9 Å². The lowest BCUT2D eigenvalue weighted by Crippen LogP contribution is -2.41. The third kappa shape index (κ3) is 4.31. The van der Waals surface area contributed by atoms with Crippen molar-refractivity contribution >= 4 is 34.5 Å². The predicted octanol–water partition coefficient (Wildman–Crippen LogP) is 3.12. The molecule has 1 aromatic carbocycles. The van der Waals surface area contributed by atoms with E-state index >= 15 is 0 Å². The van der Waals surface area contributed by atoms with E-state index in [1.165, 1.54) is 31.0 Å². The van der Waals surface area contributed by atoms with Gasteiger partial charge in [-0.05, 0) is 30.9 Å². The minimum absolute atomic E-state index is 0.0133. The van der Waals surface area contributed by atoms with Gasteiger partial charge in [0.25, 0.3) is 0 Å². The van der Waals surface area contributed by atoms with Gasteiger partial charge >= 0.3 is 0 Å². The number of primary amides is 1. The highest BCUT2D eigenvalue weighted by atomic mass is 32.2. The summed E-state index contributed by atoms with van der Waals surface area (Å²) in [5, 5.41) is 4.51. The molecule has 1 aliphatic carbocycles. The molecular formula is C19H23N3O2S. The Hall–Kier alpha value is -2.08. The highest BCUT2D eigenvalue weighted by Crippen LogP contribution is 2.25. The Morgan fingerprint density at radius 2 is 2.04 bits per heavy atom. The van der Waals surface area contributed by atoms with Crippen molar-refractivity contribution in [3.05, 3.63) is 35.9 Å². The zero-order valence-electron chi connectivity index (χ0n) is 14.3. The Kier molecular flexibility index (Phi) is 5.58. The summed E-state index contributed by atoms with van der Waals surface area (Å²) in [6, 6.07) is 9.33. The second kappa shape index (κ2) is 7.87. The summed E-state index contributed by atoms with van der Waals surface area (Å²) in [7, 11) is 0. The molecule has 3 rings (SSSR count). The van der Waals surface area contributed by atoms with Crippen LogP contribution in [0.5, 0.6) is 0 Å². The molecule has 2 atom stereocenters. The van der Waals surface area contributed by atoms with Crippen molar-refractivity contribution < 1.29 is 9.59 Å². The molecule has 25 heavy (non-hydrogen) atoms. The Balaban J connectivity index is 1.68. The van der Waals surface area contributed by atoms with Crippen molar-refractivity contribution in [2.24, 2.45) is 11.7 Å². The summed E-state index contributed by atoms with van der Waals surface area (Å²) < 4.78 is 0. The number of fused-ring (bicyclic) bond motifs is 1. The van der Waals surface area contributed by atoms with E-state index in [1.807, 2.05) is 24.3 Å². The molecular weight excluding hydrogens is 334 g/mol. The van der Waals surface area contributed by atoms with Crippen LogP contribution in [0.2, 0.25) is 0 Å². The van der Waals surface area contributed by atoms with Crippen molar-refractivity contribution in [3.8, 4) is 0 Å². The summed E-state index contributed by atoms with van der Waals surface area (Å²) in [6.45, 7) is 2.20. The molecule has 0 spiro atoms. The fourth-order valence-electron chi connectivity index (χ4n) is 3.35. The third-order valence-corrected chi connectivity index (χ3v) is 5.68. The average Bonchev–Trinajstić information content (AvgIpc) is 2.61. The Morgan fingerprint density at radius 1 is 1.28 bits per heavy atom. The summed E-state index contributed by atoms with van der Waals surface area (Å²) in [6.07, 6.45) is 4.65. The van der Waals surface area contributed by atoms with Gasteiger partial charge in [0.15, 0.2) is 0 Å². The van der Waals surface area contributed by atoms with E-state index in [-0.39, 0.29) is 17.7 Å². The molecule has 0 bridgehead atoms. The van der Waals surface area contributed by atoms with Gasteiger partial charge in [0, 0.05) is 11.4 Å². The number of thioether (sulfide) groups is 1. The van der Waals surface area contributed by atoms with Crippen LogP contribution in [0, 0.1) is 5.92 Å². The Morgan fingerprint density at radius 3 is 2.80 bits per heavy atom. The van der Waals surface area contributed by atoms with Crippen LogP contribution in [-0.4, -0.2) is 28.6 Å². The molecule has 1 aromatic heterocycles. The van der Waals surface area contributed by atoms with Gasteiger partial charge in [-0.2, -0.15) is 0 Å². The second-order valence-corrected chi connectivity index (χ2v) is 7.61. The second-order valence-electron chi connectivity index (χ2n) is 6.61. The number of amides is 2. The lowest BCUT2D eigenvalue weighted by Gasteiger charge is -2.29. The van der Waals surface area contributed by atoms with E-state index < -0.39 is 5.91 Å². The fraction of sp³-hybridized carbons (Fsp3) is 0.421. The highest BCUT2D eigenvalue weighted by Gasteiger charge is 2.22. The molecule has 1 heterocycles. The van der Waals surface area contributed by atoms with Crippen LogP contribution in [-0.2, 0) is 4.79 Å². The molecule has 2 unspecified atom stereocenters. The van der Waals surface area contributed by atoms with Crippen LogP contribution in [0.25, 0.3) is 10.9 Å². The first-order valence-corrected chi connectivity index (χ1v) is 9.65. The molecule has 1 aliphatic rings. The van der Waals surface area contributed by atoms with E-state index in [0.29, 0.717) is 22.0 Å². The number of carbonyl (C=O) groups excluding carboxylic acids is 2. The van der Waals surface area contributed by atoms with Gasteiger partial charge in [-0.1, -0.05) is 49.7 Å². The molecule has 6 heteroatoms. The largest absolute Gasteiger partial charge is 0.366 e. The first kappa shape index (κ1) is 17.7. The summed E-state index contributed by atoms with van der Waals surface area (Å²) in [4.78, 5) is 28.5. The SMILES string of the molecule is CC1CCCCC1NC(=O)CSc1cc(C(N)=O)c2ccccc2n1. The number of hydrogen-bond acceptors (Lipinski definition) is 4. The van der Waals surface area contributed by atoms with Crippen molar-refractivity contribution in [3.63, 3.8) is 0 Å². The maximum atomic E-state index is 12.3. The van der Waals surface area contributed by atoms with Gasteiger partial charge in [0.1, 0.15) is 0 Å². The Bertz CT molecular complexity index is 793. The number of para-hydroxylation sites is 1. The number of nitrogens with two attached hydrogens (primary N) is 1. The maximum Gasteiger partial charge on any atom is 0.249 e. The fourth-order valence-corrected chi connectivity index (χ4v) is 4.07. The lowest BCUT2D eigenvalue weighted by molar-refractivity contribution is -0.119. The molecule has 0 saturated heterocycles. The number of nitrogens with one attached hydrogen (secondary N) is 1. The molecule has 0 aliphatic heterocycles. The van der Waals surface area contributed by atoms with Gasteiger partial charge in [-0.15, -0.1) is 0 Å². The third-order valence-electron chi connectivity index (χ3n) is 4.77. The van der Waals surface area contributed by atoms with Crippen molar-refractivity contribution in [2.45, 2.75) is 43.7 Å². The van der Waals surface area contributed by atoms with Crippen molar-refractivity contribution in [2.75, 3.05) is 5.75 Å². The lowest BCUT2D eigenvalue weighted by atomic mass is 9.86. The monoisotopic (exact) mass is 357 g/mol. The first-order valence-electron chi connectivity index (χ1n) is 8.66. The minimum atomic E-state index is -0.485. The summed E-state index contributed by atoms with van der Waals surface area (Å²) >= 11 is 1.33. The maximum absolute atomic E-state index is 12.3. The normalized spacial score (nSPS) is 20.4. The van der Waals surface area contributed by atoms with Crippen molar-refractivity contribution in [1.29, 1.82) is 0 Å². The highest BCUT2D eigenvalue weighted by molar-refractivity contribution is 7.99. The van der Waals surface area contributed by atoms with Crippen LogP contribution in [0.15, 0.2) is 35.4 Å². The van der Waals surface area contributed by atoms with Crippen LogP contribution in [0.1, 0.15) is 43.0 Å². The van der Waals surface area contributed by atoms with E-state index in [2.05, 4.69) is 17.2 Å². The van der Waals surface area contributed by atoms with Crippen LogP contribution >= 0.6 is 11.8 Å². The molecule has 0 radical (unpaired) electrons. The topological polar surface area (TPSA) is 85.1 Å². The number of hydrogen-bond donors (Lipinski definition) is 2. The Labute approximate surface area is 151 Å². The number of carbonyl (C=O) groups is 2. The number of aromatic nitrogens is 1. The van der Waals surface area contributed by atoms with E-state index in [4.69, 9.17) is 5.73 Å². The molecule has 1 fully saturated rings. The standard InChI is InChI=1S/C19H23N3O2S/c1-12-6-2-4-8-15(12)21-17(23)11-25-18-10-14(19(20)24)13-7-3-5-9-16(13)22-18/h3,5,7,9-10,12,15H,2,4,6,8,11H2,1H3,(H2,20,24)(H,21,23). The quantitative estimate of drug-likeness (QED) is 0.805. The zero-order chi connectivity index (χ0) is 17.8. The molecule has 2 amide bonds. The van der Waals surface area contributed by atoms with Gasteiger partial charge in [0.2, 0.25) is 11.8 Å². The first-order chi connectivity index (χ1) is 12.0. The smallest absolute Gasteiger partial charge is 0.249 e. The van der Waals surface area contributed by atoms with Crippen LogP contribution in [0.4, 0.5) is 0 Å². The van der Waals surface area contributed by atoms with Gasteiger partial charge < -0.3 is 11.1 Å². The molecule has 2 aromatic rings. The van der Waals surface area contributed by atoms with E-state index in [9.17, 15) is 9.59 Å². The molecule has 132 valence electrons. The van der Waals surface area contributed by atoms with E-state index in [1.54, 1.807) is 6.07 Å². The number of benzene rings is 1. The minimum Gasteiger partial charge on any atom is -0.366 e. The summed E-state index contributed by atoms with van der Waals surface area (Å²) in [5.74, 6) is 0.343. The molecule has 1 saturated carbocycles. The number of nitrogens with zero attached hydrogens (tertiary/aromatic N) is 1. The van der Waals surface area contributed by atoms with E-state index in [0.717, 1.165) is 11.8 Å². The van der Waals surface area contributed by atoms with Crippen LogP contribution in [0.3, 0.4) is 0 Å². The van der Waals surface area contributed by atoms with Gasteiger partial charge in [-0.3, -0.25) is 9.59 Å². The van der Waals surface area contributed by atoms with Gasteiger partial charge in [-0.25, -0.2) is 4.98 Å². The predicted molar refractivity (Wildman–Crippen MR) is 101 cm³/mol. The average molecular weight is 357 g/mol. The number of pyridine rings is 1. The molecule has 3 N–H and O–H groups in total. The van der Waals surface area contributed by atoms with Crippen molar-refractivity contribution in [1.82, 2.24) is 10.3 Å². The summed E-state index contributed by atoms with van der Waals surface area (Å²) in [5.41, 5.74) is 6.64. The number of rotatable bonds is 5. The zero-order valence-corrected chi connectivity index (χ0v) is 15.1.